The second-order valence-electron chi connectivity index (χ2n) is 4.26. The molecule has 0 aliphatic heterocycles. The summed E-state index contributed by atoms with van der Waals surface area (Å²) in [7, 11) is 0. The number of carbonyl (C=O) groups is 1. The molecule has 98 valence electrons. The molecule has 0 aliphatic rings. The number of halogens is 1. The normalized spacial score (nSPS) is 12.1. The average molecular weight is 321 g/mol. The number of hydrogen-bond donors (Lipinski definition) is 2. The van der Waals surface area contributed by atoms with Gasteiger partial charge in [-0.1, -0.05) is 46.3 Å². The van der Waals surface area contributed by atoms with Crippen molar-refractivity contribution in [1.82, 2.24) is 0 Å². The molecule has 0 saturated carbocycles. The first kappa shape index (κ1) is 13.6. The Morgan fingerprint density at radius 1 is 1.16 bits per heavy atom. The van der Waals surface area contributed by atoms with Crippen molar-refractivity contribution in [2.45, 2.75) is 12.3 Å². The summed E-state index contributed by atoms with van der Waals surface area (Å²) in [6, 6.07) is 14.4. The predicted octanol–water partition coefficient (Wildman–Crippen LogP) is 3.76. The third-order valence-corrected chi connectivity index (χ3v) is 3.44. The van der Waals surface area contributed by atoms with Crippen LogP contribution in [0, 0.1) is 0 Å². The molecular weight excluding hydrogens is 308 g/mol. The summed E-state index contributed by atoms with van der Waals surface area (Å²) >= 11 is 3.34. The van der Waals surface area contributed by atoms with Gasteiger partial charge in [-0.2, -0.15) is 0 Å². The summed E-state index contributed by atoms with van der Waals surface area (Å²) < 4.78 is 0.812. The maximum absolute atomic E-state index is 11.1. The Morgan fingerprint density at radius 2 is 1.84 bits per heavy atom. The van der Waals surface area contributed by atoms with E-state index in [2.05, 4.69) is 15.9 Å². The van der Waals surface area contributed by atoms with Crippen molar-refractivity contribution in [3.63, 3.8) is 0 Å². The summed E-state index contributed by atoms with van der Waals surface area (Å²) in [5, 5.41) is 19.0. The molecule has 2 aromatic rings. The molecule has 0 amide bonds. The minimum Gasteiger partial charge on any atom is -0.508 e. The van der Waals surface area contributed by atoms with Gasteiger partial charge in [0, 0.05) is 16.0 Å². The van der Waals surface area contributed by atoms with Crippen LogP contribution in [0.15, 0.2) is 53.0 Å². The highest BCUT2D eigenvalue weighted by Crippen LogP contribution is 2.35. The van der Waals surface area contributed by atoms with E-state index in [4.69, 9.17) is 5.11 Å². The molecule has 0 fully saturated rings. The summed E-state index contributed by atoms with van der Waals surface area (Å²) in [6.45, 7) is 0. The fourth-order valence-corrected chi connectivity index (χ4v) is 2.45. The lowest BCUT2D eigenvalue weighted by molar-refractivity contribution is -0.137. The van der Waals surface area contributed by atoms with Gasteiger partial charge in [-0.25, -0.2) is 0 Å². The lowest BCUT2D eigenvalue weighted by Gasteiger charge is -2.17. The van der Waals surface area contributed by atoms with Crippen LogP contribution < -0.4 is 0 Å². The molecule has 4 heteroatoms. The van der Waals surface area contributed by atoms with Gasteiger partial charge in [0.2, 0.25) is 0 Å². The largest absolute Gasteiger partial charge is 0.508 e. The van der Waals surface area contributed by atoms with E-state index in [1.807, 2.05) is 30.3 Å². The number of aromatic hydroxyl groups is 1. The monoisotopic (exact) mass is 320 g/mol. The van der Waals surface area contributed by atoms with E-state index in [0.717, 1.165) is 10.0 Å². The van der Waals surface area contributed by atoms with Gasteiger partial charge >= 0.3 is 5.97 Å². The number of phenolic OH excluding ortho intramolecular Hbond substituents is 1. The van der Waals surface area contributed by atoms with Gasteiger partial charge in [-0.15, -0.1) is 0 Å². The van der Waals surface area contributed by atoms with Crippen molar-refractivity contribution in [3.05, 3.63) is 64.1 Å². The number of carboxylic acids is 1. The van der Waals surface area contributed by atoms with Crippen LogP contribution in [0.3, 0.4) is 0 Å². The number of carboxylic acid groups (broad SMARTS) is 1. The van der Waals surface area contributed by atoms with Crippen LogP contribution in [0.25, 0.3) is 0 Å². The highest BCUT2D eigenvalue weighted by molar-refractivity contribution is 9.10. The van der Waals surface area contributed by atoms with Crippen molar-refractivity contribution in [2.75, 3.05) is 0 Å². The van der Waals surface area contributed by atoms with Crippen LogP contribution in [-0.4, -0.2) is 16.2 Å². The molecule has 0 aromatic heterocycles. The molecule has 19 heavy (non-hydrogen) atoms. The third kappa shape index (κ3) is 3.35. The molecule has 0 saturated heterocycles. The van der Waals surface area contributed by atoms with Gasteiger partial charge in [-0.05, 0) is 23.8 Å². The summed E-state index contributed by atoms with van der Waals surface area (Å²) in [5.41, 5.74) is 1.49. The molecule has 0 bridgehead atoms. The van der Waals surface area contributed by atoms with Crippen molar-refractivity contribution < 1.29 is 15.0 Å². The highest BCUT2D eigenvalue weighted by atomic mass is 79.9. The molecule has 3 nitrogen and oxygen atoms in total. The molecule has 1 unspecified atom stereocenters. The van der Waals surface area contributed by atoms with Crippen molar-refractivity contribution >= 4 is 21.9 Å². The van der Waals surface area contributed by atoms with E-state index in [0.29, 0.717) is 5.56 Å². The fraction of sp³-hybridized carbons (Fsp3) is 0.133. The van der Waals surface area contributed by atoms with E-state index in [1.54, 1.807) is 18.2 Å². The number of benzene rings is 2. The summed E-state index contributed by atoms with van der Waals surface area (Å²) in [5.74, 6) is -1.15. The van der Waals surface area contributed by atoms with Gasteiger partial charge in [0.25, 0.3) is 0 Å². The van der Waals surface area contributed by atoms with E-state index >= 15 is 0 Å². The van der Waals surface area contributed by atoms with Crippen molar-refractivity contribution in [1.29, 1.82) is 0 Å². The molecule has 0 heterocycles. The van der Waals surface area contributed by atoms with E-state index in [1.165, 1.54) is 0 Å². The second-order valence-corrected chi connectivity index (χ2v) is 5.18. The van der Waals surface area contributed by atoms with Gasteiger partial charge in [0.1, 0.15) is 5.75 Å². The number of hydrogen-bond acceptors (Lipinski definition) is 2. The van der Waals surface area contributed by atoms with Crippen molar-refractivity contribution in [3.8, 4) is 5.75 Å². The van der Waals surface area contributed by atoms with Gasteiger partial charge in [0.05, 0.1) is 6.42 Å². The second kappa shape index (κ2) is 5.89. The molecule has 2 aromatic carbocycles. The quantitative estimate of drug-likeness (QED) is 0.901. The van der Waals surface area contributed by atoms with Crippen LogP contribution in [0.2, 0.25) is 0 Å². The van der Waals surface area contributed by atoms with Crippen LogP contribution in [0.4, 0.5) is 0 Å². The number of phenols is 1. The average Bonchev–Trinajstić information content (AvgIpc) is 2.40. The maximum Gasteiger partial charge on any atom is 0.304 e. The van der Waals surface area contributed by atoms with Crippen LogP contribution in [0.5, 0.6) is 5.75 Å². The Kier molecular flexibility index (Phi) is 4.22. The standard InChI is InChI=1S/C15H13BrO3/c16-11-6-7-14(17)13(8-11)12(9-15(18)19)10-4-2-1-3-5-10/h1-8,12,17H,9H2,(H,18,19). The Balaban J connectivity index is 2.48. The Bertz CT molecular complexity index is 581. The summed E-state index contributed by atoms with van der Waals surface area (Å²) in [6.07, 6.45) is -0.0615. The zero-order valence-electron chi connectivity index (χ0n) is 10.1. The first-order valence-electron chi connectivity index (χ1n) is 5.83. The number of aliphatic carboxylic acids is 1. The molecule has 2 N–H and O–H groups in total. The molecule has 1 atom stereocenters. The zero-order valence-corrected chi connectivity index (χ0v) is 11.7. The smallest absolute Gasteiger partial charge is 0.304 e. The van der Waals surface area contributed by atoms with E-state index in [9.17, 15) is 9.90 Å². The first-order valence-corrected chi connectivity index (χ1v) is 6.62. The van der Waals surface area contributed by atoms with E-state index in [-0.39, 0.29) is 18.1 Å². The van der Waals surface area contributed by atoms with Gasteiger partial charge < -0.3 is 10.2 Å². The Hall–Kier alpha value is -1.81. The van der Waals surface area contributed by atoms with Gasteiger partial charge in [0.15, 0.2) is 0 Å². The van der Waals surface area contributed by atoms with Crippen LogP contribution >= 0.6 is 15.9 Å². The molecule has 0 radical (unpaired) electrons. The van der Waals surface area contributed by atoms with E-state index < -0.39 is 5.97 Å². The maximum atomic E-state index is 11.1. The topological polar surface area (TPSA) is 57.5 Å². The molecule has 0 aliphatic carbocycles. The Labute approximate surface area is 119 Å². The SMILES string of the molecule is O=C(O)CC(c1ccccc1)c1cc(Br)ccc1O. The van der Waals surface area contributed by atoms with Crippen LogP contribution in [-0.2, 0) is 4.79 Å². The highest BCUT2D eigenvalue weighted by Gasteiger charge is 2.20. The predicted molar refractivity (Wildman–Crippen MR) is 76.3 cm³/mol. The minimum atomic E-state index is -0.895. The third-order valence-electron chi connectivity index (χ3n) is 2.95. The first-order chi connectivity index (χ1) is 9.08. The van der Waals surface area contributed by atoms with Crippen LogP contribution in [0.1, 0.15) is 23.5 Å². The molecular formula is C15H13BrO3. The minimum absolute atomic E-state index is 0.0615. The molecule has 2 rings (SSSR count). The zero-order chi connectivity index (χ0) is 13.8. The lowest BCUT2D eigenvalue weighted by atomic mass is 9.88. The van der Waals surface area contributed by atoms with Gasteiger partial charge in [-0.3, -0.25) is 4.79 Å². The molecule has 0 spiro atoms. The lowest BCUT2D eigenvalue weighted by Crippen LogP contribution is -2.08. The summed E-state index contributed by atoms with van der Waals surface area (Å²) in [4.78, 5) is 11.1. The number of rotatable bonds is 4. The Morgan fingerprint density at radius 3 is 2.47 bits per heavy atom. The van der Waals surface area contributed by atoms with Crippen molar-refractivity contribution in [2.24, 2.45) is 0 Å². The fourth-order valence-electron chi connectivity index (χ4n) is 2.07.